The first kappa shape index (κ1) is 14.7. The van der Waals surface area contributed by atoms with Crippen molar-refractivity contribution in [3.8, 4) is 0 Å². The van der Waals surface area contributed by atoms with Crippen molar-refractivity contribution in [2.24, 2.45) is 0 Å². The number of pyridine rings is 2. The van der Waals surface area contributed by atoms with Gasteiger partial charge in [0.2, 0.25) is 0 Å². The van der Waals surface area contributed by atoms with Gasteiger partial charge in [-0.15, -0.1) is 0 Å². The summed E-state index contributed by atoms with van der Waals surface area (Å²) >= 11 is 0. The summed E-state index contributed by atoms with van der Waals surface area (Å²) in [7, 11) is 0. The van der Waals surface area contributed by atoms with Gasteiger partial charge < -0.3 is 0 Å². The Morgan fingerprint density at radius 2 is 1.10 bits per heavy atom. The lowest BCUT2D eigenvalue weighted by molar-refractivity contribution is -0.704. The van der Waals surface area contributed by atoms with Crippen molar-refractivity contribution in [3.05, 3.63) is 60.2 Å². The molecule has 0 unspecified atom stereocenters. The van der Waals surface area contributed by atoms with Gasteiger partial charge in [-0.25, -0.2) is 9.13 Å². The van der Waals surface area contributed by atoms with Crippen LogP contribution in [0.2, 0.25) is 0 Å². The van der Waals surface area contributed by atoms with Crippen LogP contribution >= 0.6 is 0 Å². The minimum absolute atomic E-state index is 1.14. The van der Waals surface area contributed by atoms with Gasteiger partial charge in [0.1, 0.15) is 13.1 Å². The molecule has 0 aliphatic rings. The van der Waals surface area contributed by atoms with E-state index in [1.807, 2.05) is 0 Å². The van der Waals surface area contributed by atoms with Gasteiger partial charge in [-0.05, 0) is 12.8 Å². The van der Waals surface area contributed by atoms with E-state index in [1.54, 1.807) is 0 Å². The Morgan fingerprint density at radius 3 is 1.50 bits per heavy atom. The van der Waals surface area contributed by atoms with Crippen LogP contribution in [0.25, 0.3) is 0 Å². The monoisotopic (exact) mass is 270 g/mol. The predicted octanol–water partition coefficient (Wildman–Crippen LogP) is 3.14. The normalized spacial score (nSPS) is 10.7. The molecule has 2 aromatic heterocycles. The average Bonchev–Trinajstić information content (AvgIpc) is 2.46. The summed E-state index contributed by atoms with van der Waals surface area (Å²) in [4.78, 5) is 0. The predicted molar refractivity (Wildman–Crippen MR) is 81.2 cm³/mol. The van der Waals surface area contributed by atoms with Crippen LogP contribution in [-0.4, -0.2) is 0 Å². The van der Waals surface area contributed by atoms with Gasteiger partial charge in [-0.3, -0.25) is 0 Å². The summed E-state index contributed by atoms with van der Waals surface area (Å²) < 4.78 is 4.69. The van der Waals surface area contributed by atoms with Crippen LogP contribution in [0, 0.1) is 13.8 Å². The molecule has 0 amide bonds. The zero-order chi connectivity index (χ0) is 14.2. The van der Waals surface area contributed by atoms with Gasteiger partial charge in [-0.2, -0.15) is 0 Å². The lowest BCUT2D eigenvalue weighted by Gasteiger charge is -2.01. The molecule has 0 saturated heterocycles. The summed E-state index contributed by atoms with van der Waals surface area (Å²) in [6.45, 7) is 6.64. The summed E-state index contributed by atoms with van der Waals surface area (Å²) in [5.41, 5.74) is 2.70. The fourth-order valence-electron chi connectivity index (χ4n) is 2.54. The molecular weight excluding hydrogens is 244 g/mol. The second-order valence-corrected chi connectivity index (χ2v) is 5.49. The molecule has 0 radical (unpaired) electrons. The van der Waals surface area contributed by atoms with E-state index in [0.717, 1.165) is 13.1 Å². The zero-order valence-corrected chi connectivity index (χ0v) is 12.8. The van der Waals surface area contributed by atoms with E-state index in [-0.39, 0.29) is 0 Å². The van der Waals surface area contributed by atoms with E-state index in [2.05, 4.69) is 71.8 Å². The molecule has 2 nitrogen and oxygen atoms in total. The highest BCUT2D eigenvalue weighted by Crippen LogP contribution is 2.01. The van der Waals surface area contributed by atoms with Crippen molar-refractivity contribution in [2.45, 2.75) is 52.6 Å². The highest BCUT2D eigenvalue weighted by molar-refractivity contribution is 4.94. The van der Waals surface area contributed by atoms with Crippen molar-refractivity contribution in [1.82, 2.24) is 0 Å². The summed E-state index contributed by atoms with van der Waals surface area (Å²) in [6, 6.07) is 12.8. The van der Waals surface area contributed by atoms with Gasteiger partial charge in [-0.1, -0.05) is 12.1 Å². The van der Waals surface area contributed by atoms with E-state index in [4.69, 9.17) is 0 Å². The number of aromatic nitrogens is 2. The number of hydrogen-bond acceptors (Lipinski definition) is 0. The van der Waals surface area contributed by atoms with E-state index >= 15 is 0 Å². The second kappa shape index (κ2) is 7.78. The Balaban J connectivity index is 1.63. The number of aryl methyl sites for hydroxylation is 4. The maximum absolute atomic E-state index is 2.34. The Hall–Kier alpha value is -1.70. The highest BCUT2D eigenvalue weighted by Gasteiger charge is 2.05. The lowest BCUT2D eigenvalue weighted by Crippen LogP contribution is -2.36. The molecule has 0 aliphatic heterocycles. The second-order valence-electron chi connectivity index (χ2n) is 5.49. The van der Waals surface area contributed by atoms with Gasteiger partial charge in [0.05, 0.1) is 0 Å². The first-order valence-corrected chi connectivity index (χ1v) is 7.67. The standard InChI is InChI=1S/C18H26N2/c1-17-11-5-9-15-19(17)13-7-3-4-8-14-20-16-10-6-12-18(20)2/h5-6,9-12,15-16H,3-4,7-8,13-14H2,1-2H3/q+2. The average molecular weight is 270 g/mol. The van der Waals surface area contributed by atoms with E-state index < -0.39 is 0 Å². The first-order chi connectivity index (χ1) is 9.77. The molecule has 106 valence electrons. The van der Waals surface area contributed by atoms with Crippen LogP contribution in [0.15, 0.2) is 48.8 Å². The maximum atomic E-state index is 2.34. The van der Waals surface area contributed by atoms with Crippen molar-refractivity contribution in [3.63, 3.8) is 0 Å². The number of hydrogen-bond donors (Lipinski definition) is 0. The molecule has 2 heteroatoms. The van der Waals surface area contributed by atoms with Crippen LogP contribution in [0.4, 0.5) is 0 Å². The Bertz CT molecular complexity index is 485. The van der Waals surface area contributed by atoms with Crippen molar-refractivity contribution in [1.29, 1.82) is 0 Å². The molecule has 2 heterocycles. The quantitative estimate of drug-likeness (QED) is 0.539. The topological polar surface area (TPSA) is 7.76 Å². The highest BCUT2D eigenvalue weighted by atomic mass is 14.9. The van der Waals surface area contributed by atoms with Gasteiger partial charge in [0.15, 0.2) is 23.8 Å². The molecule has 20 heavy (non-hydrogen) atoms. The smallest absolute Gasteiger partial charge is 0.178 e. The third-order valence-electron chi connectivity index (χ3n) is 3.88. The largest absolute Gasteiger partial charge is 0.203 e. The molecule has 0 aromatic carbocycles. The molecule has 0 aliphatic carbocycles. The first-order valence-electron chi connectivity index (χ1n) is 7.67. The SMILES string of the molecule is Cc1cccc[n+]1CCCCCC[n+]1ccccc1C. The van der Waals surface area contributed by atoms with Crippen molar-refractivity contribution >= 4 is 0 Å². The maximum Gasteiger partial charge on any atom is 0.178 e. The minimum Gasteiger partial charge on any atom is -0.203 e. The molecular formula is C18H26N2+2. The van der Waals surface area contributed by atoms with E-state index in [0.29, 0.717) is 0 Å². The van der Waals surface area contributed by atoms with Gasteiger partial charge in [0, 0.05) is 51.0 Å². The molecule has 0 bridgehead atoms. The lowest BCUT2D eigenvalue weighted by atomic mass is 10.2. The van der Waals surface area contributed by atoms with Crippen molar-refractivity contribution < 1.29 is 9.13 Å². The van der Waals surface area contributed by atoms with Crippen LogP contribution in [0.3, 0.4) is 0 Å². The molecule has 0 N–H and O–H groups in total. The minimum atomic E-state index is 1.14. The molecule has 2 rings (SSSR count). The molecule has 0 atom stereocenters. The summed E-state index contributed by atoms with van der Waals surface area (Å²) in [5.74, 6) is 0. The fraction of sp³-hybridized carbons (Fsp3) is 0.444. The number of unbranched alkanes of at least 4 members (excludes halogenated alkanes) is 3. The Kier molecular flexibility index (Phi) is 5.72. The molecule has 0 spiro atoms. The summed E-state index contributed by atoms with van der Waals surface area (Å²) in [5, 5.41) is 0. The molecule has 2 aromatic rings. The fourth-order valence-corrected chi connectivity index (χ4v) is 2.54. The van der Waals surface area contributed by atoms with Crippen LogP contribution in [-0.2, 0) is 13.1 Å². The van der Waals surface area contributed by atoms with Crippen LogP contribution in [0.1, 0.15) is 37.1 Å². The van der Waals surface area contributed by atoms with Gasteiger partial charge >= 0.3 is 0 Å². The van der Waals surface area contributed by atoms with E-state index in [9.17, 15) is 0 Å². The van der Waals surface area contributed by atoms with Crippen LogP contribution in [0.5, 0.6) is 0 Å². The third-order valence-corrected chi connectivity index (χ3v) is 3.88. The number of nitrogens with zero attached hydrogens (tertiary/aromatic N) is 2. The summed E-state index contributed by atoms with van der Waals surface area (Å²) in [6.07, 6.45) is 9.53. The Labute approximate surface area is 122 Å². The third kappa shape index (κ3) is 4.44. The van der Waals surface area contributed by atoms with Gasteiger partial charge in [0.25, 0.3) is 0 Å². The Morgan fingerprint density at radius 1 is 0.650 bits per heavy atom. The molecule has 0 fully saturated rings. The van der Waals surface area contributed by atoms with Crippen molar-refractivity contribution in [2.75, 3.05) is 0 Å². The number of rotatable bonds is 7. The zero-order valence-electron chi connectivity index (χ0n) is 12.8. The molecule has 0 saturated carbocycles. The van der Waals surface area contributed by atoms with Crippen LogP contribution < -0.4 is 9.13 Å². The van der Waals surface area contributed by atoms with E-state index in [1.165, 1.54) is 37.1 Å².